The van der Waals surface area contributed by atoms with Crippen LogP contribution in [0.2, 0.25) is 0 Å². The van der Waals surface area contributed by atoms with Gasteiger partial charge in [-0.05, 0) is 31.5 Å². The van der Waals surface area contributed by atoms with E-state index in [0.29, 0.717) is 24.7 Å². The monoisotopic (exact) mass is 435 g/mol. The number of benzene rings is 1. The van der Waals surface area contributed by atoms with Crippen LogP contribution in [0.5, 0.6) is 0 Å². The molecule has 0 bridgehead atoms. The molecule has 0 saturated carbocycles. The average molecular weight is 436 g/mol. The van der Waals surface area contributed by atoms with Crippen molar-refractivity contribution in [3.63, 3.8) is 0 Å². The third-order valence-corrected chi connectivity index (χ3v) is 5.58. The van der Waals surface area contributed by atoms with Crippen LogP contribution in [0, 0.1) is 0 Å². The standard InChI is InChI=1S/C19H25N5O5S/c1-3-12(2)23-19(25)29-15-8-17(28-11-15)13-9-21-18(22-10-13)24-14-5-4-6-16(7-14)30(20,26)27/h4-7,9-10,12,15,17H,3,8,11H2,1-2H3,(H,23,25)(H2,20,26,27)(H,21,22,24)/t12-,15+,17+/m0/s1. The Morgan fingerprint density at radius 3 is 2.77 bits per heavy atom. The van der Waals surface area contributed by atoms with Crippen LogP contribution in [0.1, 0.15) is 38.4 Å². The maximum absolute atomic E-state index is 11.8. The number of hydrogen-bond donors (Lipinski definition) is 3. The largest absolute Gasteiger partial charge is 0.444 e. The second-order valence-electron chi connectivity index (χ2n) is 7.08. The Kier molecular flexibility index (Phi) is 6.85. The number of carbonyl (C=O) groups excluding carboxylic acids is 1. The van der Waals surface area contributed by atoms with Crippen LogP contribution in [0.4, 0.5) is 16.4 Å². The molecule has 1 fully saturated rings. The summed E-state index contributed by atoms with van der Waals surface area (Å²) in [5.74, 6) is 0.295. The summed E-state index contributed by atoms with van der Waals surface area (Å²) in [6.45, 7) is 4.20. The van der Waals surface area contributed by atoms with Gasteiger partial charge in [-0.3, -0.25) is 0 Å². The van der Waals surface area contributed by atoms with E-state index in [0.717, 1.165) is 12.0 Å². The quantitative estimate of drug-likeness (QED) is 0.600. The number of aromatic nitrogens is 2. The molecule has 0 unspecified atom stereocenters. The van der Waals surface area contributed by atoms with Gasteiger partial charge in [-0.2, -0.15) is 0 Å². The first-order chi connectivity index (χ1) is 14.2. The first kappa shape index (κ1) is 21.9. The smallest absolute Gasteiger partial charge is 0.407 e. The highest BCUT2D eigenvalue weighted by Crippen LogP contribution is 2.30. The van der Waals surface area contributed by atoms with Gasteiger partial charge in [0, 0.05) is 36.1 Å². The minimum Gasteiger partial charge on any atom is -0.444 e. The lowest BCUT2D eigenvalue weighted by Crippen LogP contribution is -2.35. The second kappa shape index (κ2) is 9.37. The fourth-order valence-electron chi connectivity index (χ4n) is 2.85. The molecule has 1 amide bonds. The molecule has 11 heteroatoms. The summed E-state index contributed by atoms with van der Waals surface area (Å²) in [6.07, 6.45) is 3.51. The molecule has 3 rings (SSSR count). The van der Waals surface area contributed by atoms with Crippen LogP contribution in [0.15, 0.2) is 41.6 Å². The fourth-order valence-corrected chi connectivity index (χ4v) is 3.41. The Hall–Kier alpha value is -2.76. The zero-order valence-electron chi connectivity index (χ0n) is 16.7. The van der Waals surface area contributed by atoms with Crippen molar-refractivity contribution in [3.8, 4) is 0 Å². The number of nitrogens with one attached hydrogen (secondary N) is 2. The Morgan fingerprint density at radius 1 is 1.37 bits per heavy atom. The van der Waals surface area contributed by atoms with Crippen molar-refractivity contribution in [1.29, 1.82) is 0 Å². The summed E-state index contributed by atoms with van der Waals surface area (Å²) in [7, 11) is -3.80. The number of amides is 1. The summed E-state index contributed by atoms with van der Waals surface area (Å²) in [4.78, 5) is 20.3. The number of sulfonamides is 1. The minimum absolute atomic E-state index is 0.00751. The van der Waals surface area contributed by atoms with Crippen LogP contribution in [-0.4, -0.2) is 43.2 Å². The molecule has 1 aliphatic heterocycles. The molecule has 1 aromatic carbocycles. The van der Waals surface area contributed by atoms with Crippen LogP contribution < -0.4 is 15.8 Å². The summed E-state index contributed by atoms with van der Waals surface area (Å²) in [5, 5.41) is 10.8. The average Bonchev–Trinajstić information content (AvgIpc) is 3.16. The maximum Gasteiger partial charge on any atom is 0.407 e. The van der Waals surface area contributed by atoms with Gasteiger partial charge in [0.15, 0.2) is 0 Å². The number of primary sulfonamides is 1. The van der Waals surface area contributed by atoms with Gasteiger partial charge in [-0.25, -0.2) is 28.3 Å². The molecule has 1 saturated heterocycles. The summed E-state index contributed by atoms with van der Waals surface area (Å²) in [6, 6.07) is 6.11. The number of rotatable bonds is 7. The van der Waals surface area contributed by atoms with E-state index in [1.807, 2.05) is 13.8 Å². The molecule has 162 valence electrons. The molecular formula is C19H25N5O5S. The minimum atomic E-state index is -3.80. The molecule has 1 aliphatic rings. The van der Waals surface area contributed by atoms with Gasteiger partial charge < -0.3 is 20.1 Å². The Bertz CT molecular complexity index is 983. The van der Waals surface area contributed by atoms with Gasteiger partial charge in [0.25, 0.3) is 0 Å². The Balaban J connectivity index is 1.57. The Labute approximate surface area is 175 Å². The van der Waals surface area contributed by atoms with Gasteiger partial charge in [-0.1, -0.05) is 13.0 Å². The van der Waals surface area contributed by atoms with Crippen LogP contribution in [0.3, 0.4) is 0 Å². The van der Waals surface area contributed by atoms with Crippen molar-refractivity contribution in [1.82, 2.24) is 15.3 Å². The highest BCUT2D eigenvalue weighted by atomic mass is 32.2. The second-order valence-corrected chi connectivity index (χ2v) is 8.64. The van der Waals surface area contributed by atoms with Gasteiger partial charge >= 0.3 is 6.09 Å². The molecule has 0 radical (unpaired) electrons. The van der Waals surface area contributed by atoms with Crippen molar-refractivity contribution in [2.24, 2.45) is 5.14 Å². The number of alkyl carbamates (subject to hydrolysis) is 1. The number of anilines is 2. The van der Waals surface area contributed by atoms with E-state index >= 15 is 0 Å². The van der Waals surface area contributed by atoms with Crippen LogP contribution >= 0.6 is 0 Å². The molecule has 10 nitrogen and oxygen atoms in total. The number of nitrogens with zero attached hydrogens (tertiary/aromatic N) is 2. The molecule has 1 aromatic heterocycles. The van der Waals surface area contributed by atoms with Gasteiger partial charge in [0.2, 0.25) is 16.0 Å². The van der Waals surface area contributed by atoms with E-state index < -0.39 is 16.1 Å². The summed E-state index contributed by atoms with van der Waals surface area (Å²) < 4.78 is 34.0. The van der Waals surface area contributed by atoms with E-state index in [4.69, 9.17) is 14.6 Å². The van der Waals surface area contributed by atoms with Gasteiger partial charge in [0.1, 0.15) is 6.10 Å². The number of hydrogen-bond acceptors (Lipinski definition) is 8. The molecular weight excluding hydrogens is 410 g/mol. The lowest BCUT2D eigenvalue weighted by molar-refractivity contribution is 0.0686. The molecule has 2 aromatic rings. The Morgan fingerprint density at radius 2 is 2.10 bits per heavy atom. The highest BCUT2D eigenvalue weighted by Gasteiger charge is 2.30. The zero-order valence-corrected chi connectivity index (χ0v) is 17.6. The maximum atomic E-state index is 11.8. The normalized spacial score (nSPS) is 19.8. The molecule has 0 aliphatic carbocycles. The SMILES string of the molecule is CC[C@H](C)NC(=O)O[C@H]1CO[C@@H](c2cnc(Nc3cccc(S(N)(=O)=O)c3)nc2)C1. The fraction of sp³-hybridized carbons (Fsp3) is 0.421. The molecule has 30 heavy (non-hydrogen) atoms. The van der Waals surface area contributed by atoms with Crippen molar-refractivity contribution in [2.45, 2.75) is 49.8 Å². The van der Waals surface area contributed by atoms with E-state index in [1.165, 1.54) is 12.1 Å². The van der Waals surface area contributed by atoms with Gasteiger partial charge in [-0.15, -0.1) is 0 Å². The van der Waals surface area contributed by atoms with Crippen molar-refractivity contribution in [3.05, 3.63) is 42.2 Å². The zero-order chi connectivity index (χ0) is 21.7. The molecule has 3 atom stereocenters. The molecule has 2 heterocycles. The predicted octanol–water partition coefficient (Wildman–Crippen LogP) is 2.22. The van der Waals surface area contributed by atoms with Crippen LogP contribution in [0.25, 0.3) is 0 Å². The van der Waals surface area contributed by atoms with E-state index in [9.17, 15) is 13.2 Å². The third kappa shape index (κ3) is 5.88. The lowest BCUT2D eigenvalue weighted by Gasteiger charge is -2.15. The van der Waals surface area contributed by atoms with Crippen molar-refractivity contribution in [2.75, 3.05) is 11.9 Å². The number of ether oxygens (including phenoxy) is 2. The summed E-state index contributed by atoms with van der Waals surface area (Å²) in [5.41, 5.74) is 1.25. The third-order valence-electron chi connectivity index (χ3n) is 4.67. The first-order valence-corrected chi connectivity index (χ1v) is 11.1. The van der Waals surface area contributed by atoms with E-state index in [2.05, 4.69) is 20.6 Å². The summed E-state index contributed by atoms with van der Waals surface area (Å²) >= 11 is 0. The number of nitrogens with two attached hydrogens (primary N) is 1. The highest BCUT2D eigenvalue weighted by molar-refractivity contribution is 7.89. The van der Waals surface area contributed by atoms with Crippen molar-refractivity contribution < 1.29 is 22.7 Å². The first-order valence-electron chi connectivity index (χ1n) is 9.55. The topological polar surface area (TPSA) is 146 Å². The van der Waals surface area contributed by atoms with Crippen LogP contribution in [-0.2, 0) is 19.5 Å². The van der Waals surface area contributed by atoms with Crippen molar-refractivity contribution >= 4 is 27.8 Å². The number of carbonyl (C=O) groups is 1. The lowest BCUT2D eigenvalue weighted by atomic mass is 10.1. The molecule has 4 N–H and O–H groups in total. The van der Waals surface area contributed by atoms with E-state index in [1.54, 1.807) is 24.5 Å². The molecule has 0 spiro atoms. The van der Waals surface area contributed by atoms with E-state index in [-0.39, 0.29) is 23.1 Å². The predicted molar refractivity (Wildman–Crippen MR) is 110 cm³/mol. The van der Waals surface area contributed by atoms with Gasteiger partial charge in [0.05, 0.1) is 17.6 Å².